The molecule has 0 spiro atoms. The van der Waals surface area contributed by atoms with Crippen molar-refractivity contribution in [1.29, 1.82) is 0 Å². The molecule has 0 aromatic carbocycles. The van der Waals surface area contributed by atoms with E-state index in [-0.39, 0.29) is 5.97 Å². The summed E-state index contributed by atoms with van der Waals surface area (Å²) in [5.74, 6) is -0.104. The number of ether oxygens (including phenoxy) is 1. The summed E-state index contributed by atoms with van der Waals surface area (Å²) in [5.41, 5.74) is 0. The topological polar surface area (TPSA) is 29.5 Å². The third-order valence-electron chi connectivity index (χ3n) is 2.52. The number of carbonyl (C=O) groups excluding carboxylic acids is 1. The third kappa shape index (κ3) is 8.43. The SMILES string of the molecule is CCCCN(CCCC)CCC(=O)OC. The van der Waals surface area contributed by atoms with Crippen LogP contribution in [0.2, 0.25) is 0 Å². The van der Waals surface area contributed by atoms with Gasteiger partial charge in [-0.05, 0) is 25.9 Å². The minimum Gasteiger partial charge on any atom is -0.469 e. The molecule has 0 rings (SSSR count). The van der Waals surface area contributed by atoms with E-state index in [9.17, 15) is 4.79 Å². The van der Waals surface area contributed by atoms with Crippen molar-refractivity contribution in [3.63, 3.8) is 0 Å². The monoisotopic (exact) mass is 215 g/mol. The molecule has 0 aromatic heterocycles. The lowest BCUT2D eigenvalue weighted by Crippen LogP contribution is -2.28. The van der Waals surface area contributed by atoms with E-state index >= 15 is 0 Å². The lowest BCUT2D eigenvalue weighted by Gasteiger charge is -2.21. The predicted molar refractivity (Wildman–Crippen MR) is 62.9 cm³/mol. The van der Waals surface area contributed by atoms with Gasteiger partial charge in [-0.2, -0.15) is 0 Å². The van der Waals surface area contributed by atoms with Gasteiger partial charge in [0.15, 0.2) is 0 Å². The molecule has 0 aliphatic carbocycles. The molecule has 0 radical (unpaired) electrons. The van der Waals surface area contributed by atoms with Crippen LogP contribution in [0.3, 0.4) is 0 Å². The highest BCUT2D eigenvalue weighted by atomic mass is 16.5. The summed E-state index contributed by atoms with van der Waals surface area (Å²) >= 11 is 0. The Kier molecular flexibility index (Phi) is 9.59. The second kappa shape index (κ2) is 9.97. The highest BCUT2D eigenvalue weighted by Crippen LogP contribution is 2.00. The summed E-state index contributed by atoms with van der Waals surface area (Å²) < 4.78 is 4.64. The molecule has 0 aliphatic heterocycles. The molecule has 90 valence electrons. The smallest absolute Gasteiger partial charge is 0.306 e. The Morgan fingerprint density at radius 3 is 2.00 bits per heavy atom. The predicted octanol–water partition coefficient (Wildman–Crippen LogP) is 2.45. The number of hydrogen-bond acceptors (Lipinski definition) is 3. The fourth-order valence-electron chi connectivity index (χ4n) is 1.45. The lowest BCUT2D eigenvalue weighted by molar-refractivity contribution is -0.141. The quantitative estimate of drug-likeness (QED) is 0.553. The van der Waals surface area contributed by atoms with Gasteiger partial charge in [0.25, 0.3) is 0 Å². The van der Waals surface area contributed by atoms with Crippen molar-refractivity contribution in [2.24, 2.45) is 0 Å². The van der Waals surface area contributed by atoms with E-state index in [0.717, 1.165) is 19.6 Å². The van der Waals surface area contributed by atoms with E-state index in [1.807, 2.05) is 0 Å². The number of hydrogen-bond donors (Lipinski definition) is 0. The Bertz CT molecular complexity index is 152. The van der Waals surface area contributed by atoms with Crippen LogP contribution in [0, 0.1) is 0 Å². The lowest BCUT2D eigenvalue weighted by atomic mass is 10.2. The Balaban J connectivity index is 3.72. The van der Waals surface area contributed by atoms with Crippen LogP contribution in [0.25, 0.3) is 0 Å². The number of methoxy groups -OCH3 is 1. The Hall–Kier alpha value is -0.570. The first-order chi connectivity index (χ1) is 7.24. The van der Waals surface area contributed by atoms with Gasteiger partial charge in [0.2, 0.25) is 0 Å². The van der Waals surface area contributed by atoms with Gasteiger partial charge in [0, 0.05) is 6.54 Å². The molecule has 0 bridgehead atoms. The van der Waals surface area contributed by atoms with Gasteiger partial charge in [-0.1, -0.05) is 26.7 Å². The van der Waals surface area contributed by atoms with Gasteiger partial charge < -0.3 is 9.64 Å². The Morgan fingerprint density at radius 1 is 1.07 bits per heavy atom. The van der Waals surface area contributed by atoms with Gasteiger partial charge in [-0.25, -0.2) is 0 Å². The van der Waals surface area contributed by atoms with E-state index in [0.29, 0.717) is 6.42 Å². The van der Waals surface area contributed by atoms with Crippen LogP contribution in [0.5, 0.6) is 0 Å². The zero-order valence-corrected chi connectivity index (χ0v) is 10.4. The van der Waals surface area contributed by atoms with Crippen LogP contribution in [0.1, 0.15) is 46.0 Å². The molecule has 0 amide bonds. The molecule has 0 saturated carbocycles. The molecule has 0 aromatic rings. The highest BCUT2D eigenvalue weighted by Gasteiger charge is 2.07. The van der Waals surface area contributed by atoms with E-state index in [1.54, 1.807) is 0 Å². The standard InChI is InChI=1S/C12H25NO2/c1-4-6-9-13(10-7-5-2)11-8-12(14)15-3/h4-11H2,1-3H3. The molecule has 3 heteroatoms. The summed E-state index contributed by atoms with van der Waals surface area (Å²) in [6.07, 6.45) is 5.36. The molecule has 0 heterocycles. The molecule has 15 heavy (non-hydrogen) atoms. The fraction of sp³-hybridized carbons (Fsp3) is 0.917. The van der Waals surface area contributed by atoms with Gasteiger partial charge in [-0.15, -0.1) is 0 Å². The molecule has 0 saturated heterocycles. The van der Waals surface area contributed by atoms with Gasteiger partial charge >= 0.3 is 5.97 Å². The minimum absolute atomic E-state index is 0.104. The number of nitrogens with zero attached hydrogens (tertiary/aromatic N) is 1. The van der Waals surface area contributed by atoms with Crippen LogP contribution in [0.15, 0.2) is 0 Å². The van der Waals surface area contributed by atoms with Crippen LogP contribution in [0.4, 0.5) is 0 Å². The van der Waals surface area contributed by atoms with Crippen LogP contribution >= 0.6 is 0 Å². The maximum absolute atomic E-state index is 11.0. The number of carbonyl (C=O) groups is 1. The second-order valence-corrected chi connectivity index (χ2v) is 3.87. The van der Waals surface area contributed by atoms with Crippen LogP contribution < -0.4 is 0 Å². The van der Waals surface area contributed by atoms with Gasteiger partial charge in [-0.3, -0.25) is 4.79 Å². The molecule has 0 fully saturated rings. The zero-order valence-electron chi connectivity index (χ0n) is 10.4. The van der Waals surface area contributed by atoms with E-state index in [1.165, 1.54) is 32.8 Å². The van der Waals surface area contributed by atoms with Crippen molar-refractivity contribution >= 4 is 5.97 Å². The zero-order chi connectivity index (χ0) is 11.5. The number of unbranched alkanes of at least 4 members (excludes halogenated alkanes) is 2. The maximum atomic E-state index is 11.0. The average molecular weight is 215 g/mol. The molecule has 0 unspecified atom stereocenters. The maximum Gasteiger partial charge on any atom is 0.306 e. The molecule has 0 aliphatic rings. The Morgan fingerprint density at radius 2 is 1.60 bits per heavy atom. The minimum atomic E-state index is -0.104. The molecule has 0 N–H and O–H groups in total. The first kappa shape index (κ1) is 14.4. The van der Waals surface area contributed by atoms with Crippen molar-refractivity contribution < 1.29 is 9.53 Å². The first-order valence-corrected chi connectivity index (χ1v) is 6.03. The van der Waals surface area contributed by atoms with E-state index < -0.39 is 0 Å². The summed E-state index contributed by atoms with van der Waals surface area (Å²) in [4.78, 5) is 13.4. The molecular weight excluding hydrogens is 190 g/mol. The summed E-state index contributed by atoms with van der Waals surface area (Å²) in [7, 11) is 1.45. The van der Waals surface area contributed by atoms with Crippen molar-refractivity contribution in [3.8, 4) is 0 Å². The second-order valence-electron chi connectivity index (χ2n) is 3.87. The largest absolute Gasteiger partial charge is 0.469 e. The van der Waals surface area contributed by atoms with Crippen LogP contribution in [-0.2, 0) is 9.53 Å². The molecule has 0 atom stereocenters. The van der Waals surface area contributed by atoms with Crippen LogP contribution in [-0.4, -0.2) is 37.6 Å². The van der Waals surface area contributed by atoms with Crippen molar-refractivity contribution in [2.45, 2.75) is 46.0 Å². The third-order valence-corrected chi connectivity index (χ3v) is 2.52. The number of rotatable bonds is 9. The van der Waals surface area contributed by atoms with E-state index in [4.69, 9.17) is 0 Å². The first-order valence-electron chi connectivity index (χ1n) is 6.03. The highest BCUT2D eigenvalue weighted by molar-refractivity contribution is 5.69. The van der Waals surface area contributed by atoms with Gasteiger partial charge in [0.1, 0.15) is 0 Å². The summed E-state index contributed by atoms with van der Waals surface area (Å²) in [5, 5.41) is 0. The van der Waals surface area contributed by atoms with E-state index in [2.05, 4.69) is 23.5 Å². The number of esters is 1. The summed E-state index contributed by atoms with van der Waals surface area (Å²) in [6.45, 7) is 7.43. The van der Waals surface area contributed by atoms with Crippen molar-refractivity contribution in [2.75, 3.05) is 26.7 Å². The summed E-state index contributed by atoms with van der Waals surface area (Å²) in [6, 6.07) is 0. The van der Waals surface area contributed by atoms with Crippen molar-refractivity contribution in [3.05, 3.63) is 0 Å². The Labute approximate surface area is 93.8 Å². The average Bonchev–Trinajstić information content (AvgIpc) is 2.27. The van der Waals surface area contributed by atoms with Crippen molar-refractivity contribution in [1.82, 2.24) is 4.90 Å². The van der Waals surface area contributed by atoms with Gasteiger partial charge in [0.05, 0.1) is 13.5 Å². The fourth-order valence-corrected chi connectivity index (χ4v) is 1.45. The molecule has 3 nitrogen and oxygen atoms in total. The molecular formula is C12H25NO2. The normalized spacial score (nSPS) is 10.7.